The Morgan fingerprint density at radius 1 is 1.33 bits per heavy atom. The Hall–Kier alpha value is -2.43. The van der Waals surface area contributed by atoms with Gasteiger partial charge in [-0.2, -0.15) is 0 Å². The maximum atomic E-state index is 10.8. The Bertz CT molecular complexity index is 555. The number of aromatic nitrogens is 1. The molecule has 1 aromatic carbocycles. The van der Waals surface area contributed by atoms with Crippen molar-refractivity contribution < 1.29 is 4.92 Å². The second kappa shape index (κ2) is 5.27. The third-order valence-electron chi connectivity index (χ3n) is 2.61. The summed E-state index contributed by atoms with van der Waals surface area (Å²) in [5, 5.41) is 13.9. The zero-order valence-electron chi connectivity index (χ0n) is 9.96. The summed E-state index contributed by atoms with van der Waals surface area (Å²) in [6, 6.07) is 10.7. The van der Waals surface area contributed by atoms with Gasteiger partial charge < -0.3 is 5.32 Å². The van der Waals surface area contributed by atoms with E-state index in [4.69, 9.17) is 0 Å². The Kier molecular flexibility index (Phi) is 3.52. The molecule has 0 spiro atoms. The molecule has 0 atom stereocenters. The van der Waals surface area contributed by atoms with Crippen molar-refractivity contribution in [2.45, 2.75) is 13.5 Å². The van der Waals surface area contributed by atoms with Crippen molar-refractivity contribution in [3.05, 3.63) is 64.0 Å². The molecule has 0 bridgehead atoms. The predicted molar refractivity (Wildman–Crippen MR) is 69.4 cm³/mol. The highest BCUT2D eigenvalue weighted by Gasteiger charge is 2.10. The number of hydrogen-bond donors (Lipinski definition) is 1. The highest BCUT2D eigenvalue weighted by atomic mass is 16.6. The van der Waals surface area contributed by atoms with Gasteiger partial charge in [0.15, 0.2) is 0 Å². The van der Waals surface area contributed by atoms with E-state index < -0.39 is 0 Å². The smallest absolute Gasteiger partial charge is 0.274 e. The number of pyridine rings is 1. The van der Waals surface area contributed by atoms with Gasteiger partial charge >= 0.3 is 0 Å². The second-order valence-electron chi connectivity index (χ2n) is 3.93. The van der Waals surface area contributed by atoms with Gasteiger partial charge in [-0.1, -0.05) is 12.1 Å². The Labute approximate surface area is 105 Å². The lowest BCUT2D eigenvalue weighted by Crippen LogP contribution is -2.02. The Balaban J connectivity index is 2.11. The largest absolute Gasteiger partial charge is 0.379 e. The summed E-state index contributed by atoms with van der Waals surface area (Å²) in [5.74, 6) is 0. The summed E-state index contributed by atoms with van der Waals surface area (Å²) in [4.78, 5) is 14.6. The monoisotopic (exact) mass is 243 g/mol. The molecule has 0 saturated heterocycles. The molecule has 0 aliphatic rings. The molecule has 2 aromatic rings. The van der Waals surface area contributed by atoms with Gasteiger partial charge in [0.05, 0.1) is 17.2 Å². The molecule has 0 fully saturated rings. The van der Waals surface area contributed by atoms with Crippen LogP contribution in [0, 0.1) is 17.0 Å². The summed E-state index contributed by atoms with van der Waals surface area (Å²) in [5.41, 5.74) is 2.39. The van der Waals surface area contributed by atoms with Crippen LogP contribution >= 0.6 is 0 Å². The van der Waals surface area contributed by atoms with E-state index in [1.54, 1.807) is 19.2 Å². The third kappa shape index (κ3) is 2.82. The van der Waals surface area contributed by atoms with Crippen molar-refractivity contribution in [1.29, 1.82) is 0 Å². The number of nitrogens with one attached hydrogen (secondary N) is 1. The van der Waals surface area contributed by atoms with Gasteiger partial charge in [-0.15, -0.1) is 0 Å². The van der Waals surface area contributed by atoms with E-state index in [9.17, 15) is 10.1 Å². The number of aryl methyl sites for hydroxylation is 1. The minimum absolute atomic E-state index is 0.126. The number of nitro benzene ring substituents is 1. The van der Waals surface area contributed by atoms with Gasteiger partial charge in [0, 0.05) is 23.5 Å². The first kappa shape index (κ1) is 12.0. The van der Waals surface area contributed by atoms with Crippen molar-refractivity contribution in [2.75, 3.05) is 5.32 Å². The maximum absolute atomic E-state index is 10.8. The summed E-state index contributed by atoms with van der Waals surface area (Å²) in [6.45, 7) is 2.27. The number of hydrogen-bond acceptors (Lipinski definition) is 4. The topological polar surface area (TPSA) is 68.1 Å². The molecule has 18 heavy (non-hydrogen) atoms. The summed E-state index contributed by atoms with van der Waals surface area (Å²) < 4.78 is 0. The van der Waals surface area contributed by atoms with Crippen molar-refractivity contribution in [3.8, 4) is 0 Å². The molecule has 0 unspecified atom stereocenters. The zero-order chi connectivity index (χ0) is 13.0. The predicted octanol–water partition coefficient (Wildman–Crippen LogP) is 2.91. The number of nitro groups is 1. The van der Waals surface area contributed by atoms with E-state index in [0.29, 0.717) is 12.1 Å². The number of benzene rings is 1. The minimum atomic E-state index is -0.374. The molecule has 5 heteroatoms. The Morgan fingerprint density at radius 3 is 2.83 bits per heavy atom. The lowest BCUT2D eigenvalue weighted by atomic mass is 10.2. The minimum Gasteiger partial charge on any atom is -0.379 e. The van der Waals surface area contributed by atoms with Crippen LogP contribution in [0.4, 0.5) is 11.4 Å². The number of anilines is 1. The number of rotatable bonds is 4. The van der Waals surface area contributed by atoms with Gasteiger partial charge in [-0.05, 0) is 25.1 Å². The van der Waals surface area contributed by atoms with E-state index in [0.717, 1.165) is 11.4 Å². The van der Waals surface area contributed by atoms with Crippen LogP contribution in [-0.2, 0) is 6.54 Å². The third-order valence-corrected chi connectivity index (χ3v) is 2.61. The van der Waals surface area contributed by atoms with E-state index in [1.165, 1.54) is 6.07 Å². The first-order chi connectivity index (χ1) is 8.66. The molecule has 0 amide bonds. The first-order valence-electron chi connectivity index (χ1n) is 5.55. The van der Waals surface area contributed by atoms with Crippen LogP contribution in [-0.4, -0.2) is 9.91 Å². The lowest BCUT2D eigenvalue weighted by Gasteiger charge is -2.06. The Morgan fingerprint density at radius 2 is 2.17 bits per heavy atom. The fourth-order valence-electron chi connectivity index (χ4n) is 1.61. The molecule has 0 radical (unpaired) electrons. The molecule has 1 heterocycles. The van der Waals surface area contributed by atoms with Crippen LogP contribution in [0.5, 0.6) is 0 Å². The van der Waals surface area contributed by atoms with E-state index in [1.807, 2.05) is 24.3 Å². The average Bonchev–Trinajstić information content (AvgIpc) is 2.38. The standard InChI is InChI=1S/C13H13N3O2/c1-10-5-6-11(8-13(10)16(17)18)15-9-12-4-2-3-7-14-12/h2-8,15H,9H2,1H3. The van der Waals surface area contributed by atoms with Crippen LogP contribution in [0.25, 0.3) is 0 Å². The summed E-state index contributed by atoms with van der Waals surface area (Å²) in [6.07, 6.45) is 1.72. The fourth-order valence-corrected chi connectivity index (χ4v) is 1.61. The average molecular weight is 243 g/mol. The fraction of sp³-hybridized carbons (Fsp3) is 0.154. The van der Waals surface area contributed by atoms with Crippen molar-refractivity contribution >= 4 is 11.4 Å². The van der Waals surface area contributed by atoms with Gasteiger partial charge in [0.2, 0.25) is 0 Å². The molecular formula is C13H13N3O2. The van der Waals surface area contributed by atoms with E-state index in [2.05, 4.69) is 10.3 Å². The summed E-state index contributed by atoms with van der Waals surface area (Å²) >= 11 is 0. The van der Waals surface area contributed by atoms with Gasteiger partial charge in [-0.3, -0.25) is 15.1 Å². The van der Waals surface area contributed by atoms with Crippen LogP contribution in [0.2, 0.25) is 0 Å². The van der Waals surface area contributed by atoms with E-state index >= 15 is 0 Å². The molecular weight excluding hydrogens is 230 g/mol. The molecule has 0 saturated carbocycles. The van der Waals surface area contributed by atoms with E-state index in [-0.39, 0.29) is 10.6 Å². The van der Waals surface area contributed by atoms with Gasteiger partial charge in [-0.25, -0.2) is 0 Å². The zero-order valence-corrected chi connectivity index (χ0v) is 9.96. The molecule has 5 nitrogen and oxygen atoms in total. The molecule has 0 aliphatic heterocycles. The van der Waals surface area contributed by atoms with Crippen molar-refractivity contribution in [1.82, 2.24) is 4.98 Å². The normalized spacial score (nSPS) is 10.1. The van der Waals surface area contributed by atoms with Gasteiger partial charge in [0.1, 0.15) is 0 Å². The molecule has 92 valence electrons. The van der Waals surface area contributed by atoms with Crippen LogP contribution in [0.1, 0.15) is 11.3 Å². The highest BCUT2D eigenvalue weighted by molar-refractivity contribution is 5.54. The van der Waals surface area contributed by atoms with Crippen LogP contribution in [0.3, 0.4) is 0 Å². The molecule has 1 N–H and O–H groups in total. The van der Waals surface area contributed by atoms with Gasteiger partial charge in [0.25, 0.3) is 5.69 Å². The lowest BCUT2D eigenvalue weighted by molar-refractivity contribution is -0.385. The SMILES string of the molecule is Cc1ccc(NCc2ccccn2)cc1[N+](=O)[O-]. The second-order valence-corrected chi connectivity index (χ2v) is 3.93. The van der Waals surface area contributed by atoms with Crippen LogP contribution < -0.4 is 5.32 Å². The van der Waals surface area contributed by atoms with Crippen molar-refractivity contribution in [3.63, 3.8) is 0 Å². The molecule has 1 aromatic heterocycles. The number of nitrogens with zero attached hydrogens (tertiary/aromatic N) is 2. The summed E-state index contributed by atoms with van der Waals surface area (Å²) in [7, 11) is 0. The first-order valence-corrected chi connectivity index (χ1v) is 5.55. The highest BCUT2D eigenvalue weighted by Crippen LogP contribution is 2.22. The molecule has 2 rings (SSSR count). The maximum Gasteiger partial charge on any atom is 0.274 e. The van der Waals surface area contributed by atoms with Crippen molar-refractivity contribution in [2.24, 2.45) is 0 Å². The molecule has 0 aliphatic carbocycles. The quantitative estimate of drug-likeness (QED) is 0.662. The van der Waals surface area contributed by atoms with Crippen LogP contribution in [0.15, 0.2) is 42.6 Å².